The first kappa shape index (κ1) is 18.5. The van der Waals surface area contributed by atoms with Gasteiger partial charge in [-0.3, -0.25) is 9.59 Å². The number of hydrogen-bond donors (Lipinski definition) is 2. The Labute approximate surface area is 149 Å². The fourth-order valence-corrected chi connectivity index (χ4v) is 2.44. The van der Waals surface area contributed by atoms with E-state index in [9.17, 15) is 14.4 Å². The molecule has 0 spiro atoms. The van der Waals surface area contributed by atoms with Gasteiger partial charge in [-0.05, 0) is 55.6 Å². The second-order valence-electron chi connectivity index (χ2n) is 4.94. The van der Waals surface area contributed by atoms with Crippen molar-refractivity contribution in [2.45, 2.75) is 11.8 Å². The summed E-state index contributed by atoms with van der Waals surface area (Å²) < 4.78 is 4.88. The molecule has 0 aromatic heterocycles. The molecule has 6 nitrogen and oxygen atoms in total. The van der Waals surface area contributed by atoms with Crippen molar-refractivity contribution in [1.82, 2.24) is 0 Å². The van der Waals surface area contributed by atoms with Crippen LogP contribution in [0.4, 0.5) is 11.4 Å². The maximum Gasteiger partial charge on any atom is 0.338 e. The highest BCUT2D eigenvalue weighted by Gasteiger charge is 2.14. The quantitative estimate of drug-likeness (QED) is 0.487. The molecule has 0 heterocycles. The molecule has 7 heteroatoms. The average Bonchev–Trinajstić information content (AvgIpc) is 2.62. The predicted molar refractivity (Wildman–Crippen MR) is 97.9 cm³/mol. The molecule has 25 heavy (non-hydrogen) atoms. The average molecular weight is 358 g/mol. The van der Waals surface area contributed by atoms with Gasteiger partial charge < -0.3 is 15.4 Å². The minimum atomic E-state index is -0.793. The highest BCUT2D eigenvalue weighted by Crippen LogP contribution is 2.19. The van der Waals surface area contributed by atoms with Crippen LogP contribution in [0.2, 0.25) is 0 Å². The summed E-state index contributed by atoms with van der Waals surface area (Å²) >= 11 is 1.54. The van der Waals surface area contributed by atoms with Crippen molar-refractivity contribution in [2.75, 3.05) is 23.5 Å². The largest absolute Gasteiger partial charge is 0.462 e. The topological polar surface area (TPSA) is 84.5 Å². The van der Waals surface area contributed by atoms with Crippen LogP contribution in [0, 0.1) is 0 Å². The molecule has 0 aliphatic heterocycles. The minimum absolute atomic E-state index is 0.287. The molecule has 130 valence electrons. The number of thioether (sulfide) groups is 1. The van der Waals surface area contributed by atoms with Gasteiger partial charge in [0, 0.05) is 16.3 Å². The van der Waals surface area contributed by atoms with Crippen molar-refractivity contribution in [3.05, 3.63) is 54.1 Å². The highest BCUT2D eigenvalue weighted by atomic mass is 32.2. The van der Waals surface area contributed by atoms with E-state index in [1.54, 1.807) is 25.1 Å². The number of anilines is 2. The van der Waals surface area contributed by atoms with Crippen molar-refractivity contribution in [3.63, 3.8) is 0 Å². The second kappa shape index (κ2) is 8.89. The van der Waals surface area contributed by atoms with Crippen LogP contribution >= 0.6 is 11.8 Å². The van der Waals surface area contributed by atoms with Crippen LogP contribution in [0.5, 0.6) is 0 Å². The molecule has 0 saturated heterocycles. The molecule has 2 N–H and O–H groups in total. The highest BCUT2D eigenvalue weighted by molar-refractivity contribution is 7.98. The monoisotopic (exact) mass is 358 g/mol. The van der Waals surface area contributed by atoms with Gasteiger partial charge in [0.05, 0.1) is 12.2 Å². The van der Waals surface area contributed by atoms with Crippen LogP contribution in [0.3, 0.4) is 0 Å². The summed E-state index contributed by atoms with van der Waals surface area (Å²) in [6, 6.07) is 13.3. The van der Waals surface area contributed by atoms with Gasteiger partial charge in [-0.25, -0.2) is 4.79 Å². The SMILES string of the molecule is CCOC(=O)c1ccc(NC(=O)C(=O)Nc2cccc(SC)c2)cc1. The van der Waals surface area contributed by atoms with E-state index < -0.39 is 17.8 Å². The predicted octanol–water partition coefficient (Wildman–Crippen LogP) is 3.16. The number of nitrogens with one attached hydrogen (secondary N) is 2. The summed E-state index contributed by atoms with van der Waals surface area (Å²) in [5.74, 6) is -2.00. The molecule has 0 atom stereocenters. The maximum absolute atomic E-state index is 12.0. The summed E-state index contributed by atoms with van der Waals surface area (Å²) in [4.78, 5) is 36.5. The van der Waals surface area contributed by atoms with Crippen molar-refractivity contribution < 1.29 is 19.1 Å². The molecule has 0 fully saturated rings. The van der Waals surface area contributed by atoms with Crippen LogP contribution in [-0.2, 0) is 14.3 Å². The number of rotatable bonds is 5. The van der Waals surface area contributed by atoms with E-state index in [1.165, 1.54) is 36.0 Å². The Balaban J connectivity index is 1.96. The summed E-state index contributed by atoms with van der Waals surface area (Å²) in [5, 5.41) is 5.02. The maximum atomic E-state index is 12.0. The van der Waals surface area contributed by atoms with Gasteiger partial charge in [-0.2, -0.15) is 0 Å². The summed E-state index contributed by atoms with van der Waals surface area (Å²) in [7, 11) is 0. The van der Waals surface area contributed by atoms with Gasteiger partial charge in [0.1, 0.15) is 0 Å². The molecule has 0 aliphatic rings. The molecule has 2 aromatic carbocycles. The van der Waals surface area contributed by atoms with Crippen molar-refractivity contribution in [1.29, 1.82) is 0 Å². The zero-order valence-corrected chi connectivity index (χ0v) is 14.7. The molecule has 0 aliphatic carbocycles. The van der Waals surface area contributed by atoms with E-state index in [0.717, 1.165) is 4.90 Å². The minimum Gasteiger partial charge on any atom is -0.462 e. The Kier molecular flexibility index (Phi) is 6.59. The third-order valence-electron chi connectivity index (χ3n) is 3.19. The smallest absolute Gasteiger partial charge is 0.338 e. The summed E-state index contributed by atoms with van der Waals surface area (Å²) in [6.07, 6.45) is 1.92. The lowest BCUT2D eigenvalue weighted by Crippen LogP contribution is -2.29. The van der Waals surface area contributed by atoms with E-state index in [0.29, 0.717) is 16.9 Å². The Morgan fingerprint density at radius 2 is 1.60 bits per heavy atom. The van der Waals surface area contributed by atoms with Crippen LogP contribution in [0.1, 0.15) is 17.3 Å². The first-order chi connectivity index (χ1) is 12.0. The van der Waals surface area contributed by atoms with Gasteiger partial charge in [-0.1, -0.05) is 6.07 Å². The number of carbonyl (C=O) groups excluding carboxylic acids is 3. The zero-order valence-electron chi connectivity index (χ0n) is 13.9. The number of esters is 1. The van der Waals surface area contributed by atoms with Gasteiger partial charge in [-0.15, -0.1) is 11.8 Å². The number of hydrogen-bond acceptors (Lipinski definition) is 5. The van der Waals surface area contributed by atoms with Crippen molar-refractivity contribution in [2.24, 2.45) is 0 Å². The van der Waals surface area contributed by atoms with E-state index >= 15 is 0 Å². The molecular weight excluding hydrogens is 340 g/mol. The van der Waals surface area contributed by atoms with Crippen LogP contribution in [0.15, 0.2) is 53.4 Å². The lowest BCUT2D eigenvalue weighted by molar-refractivity contribution is -0.133. The second-order valence-corrected chi connectivity index (χ2v) is 5.82. The van der Waals surface area contributed by atoms with Gasteiger partial charge in [0.25, 0.3) is 0 Å². The van der Waals surface area contributed by atoms with E-state index in [2.05, 4.69) is 10.6 Å². The fourth-order valence-electron chi connectivity index (χ4n) is 1.98. The number of amides is 2. The Bertz CT molecular complexity index is 775. The van der Waals surface area contributed by atoms with E-state index in [1.807, 2.05) is 12.3 Å². The molecule has 2 rings (SSSR count). The molecule has 2 amide bonds. The Morgan fingerprint density at radius 3 is 2.20 bits per heavy atom. The van der Waals surface area contributed by atoms with Gasteiger partial charge >= 0.3 is 17.8 Å². The molecule has 2 aromatic rings. The van der Waals surface area contributed by atoms with Gasteiger partial charge in [0.15, 0.2) is 0 Å². The molecule has 0 saturated carbocycles. The first-order valence-corrected chi connectivity index (χ1v) is 8.79. The zero-order chi connectivity index (χ0) is 18.2. The van der Waals surface area contributed by atoms with E-state index in [-0.39, 0.29) is 6.61 Å². The Morgan fingerprint density at radius 1 is 0.960 bits per heavy atom. The standard InChI is InChI=1S/C18H18N2O4S/c1-3-24-18(23)12-7-9-13(10-8-12)19-16(21)17(22)20-14-5-4-6-15(11-14)25-2/h4-11H,3H2,1-2H3,(H,19,21)(H,20,22). The third kappa shape index (κ3) is 5.36. The third-order valence-corrected chi connectivity index (χ3v) is 3.91. The van der Waals surface area contributed by atoms with Crippen molar-refractivity contribution >= 4 is 40.9 Å². The number of carbonyl (C=O) groups is 3. The van der Waals surface area contributed by atoms with E-state index in [4.69, 9.17) is 4.74 Å². The Hall–Kier alpha value is -2.80. The number of ether oxygens (including phenoxy) is 1. The molecule has 0 bridgehead atoms. The molecule has 0 radical (unpaired) electrons. The van der Waals surface area contributed by atoms with Crippen LogP contribution in [-0.4, -0.2) is 30.6 Å². The summed E-state index contributed by atoms with van der Waals surface area (Å²) in [5.41, 5.74) is 1.33. The van der Waals surface area contributed by atoms with Crippen LogP contribution < -0.4 is 10.6 Å². The normalized spacial score (nSPS) is 10.0. The lowest BCUT2D eigenvalue weighted by Gasteiger charge is -2.08. The van der Waals surface area contributed by atoms with Gasteiger partial charge in [0.2, 0.25) is 0 Å². The molecular formula is C18H18N2O4S. The summed E-state index contributed by atoms with van der Waals surface area (Å²) in [6.45, 7) is 2.01. The van der Waals surface area contributed by atoms with Crippen molar-refractivity contribution in [3.8, 4) is 0 Å². The van der Waals surface area contributed by atoms with Crippen LogP contribution in [0.25, 0.3) is 0 Å². The first-order valence-electron chi connectivity index (χ1n) is 7.57. The lowest BCUT2D eigenvalue weighted by atomic mass is 10.2. The fraction of sp³-hybridized carbons (Fsp3) is 0.167. The number of benzene rings is 2. The molecule has 0 unspecified atom stereocenters.